The van der Waals surface area contributed by atoms with Crippen molar-refractivity contribution in [2.75, 3.05) is 31.1 Å². The van der Waals surface area contributed by atoms with Crippen LogP contribution in [0.25, 0.3) is 0 Å². The molecule has 1 saturated heterocycles. The van der Waals surface area contributed by atoms with E-state index in [-0.39, 0.29) is 0 Å². The van der Waals surface area contributed by atoms with Gasteiger partial charge in [-0.05, 0) is 12.8 Å². The van der Waals surface area contributed by atoms with Crippen LogP contribution in [0, 0.1) is 11.3 Å². The van der Waals surface area contributed by atoms with Gasteiger partial charge < -0.3 is 14.5 Å². The number of ether oxygens (including phenoxy) is 1. The summed E-state index contributed by atoms with van der Waals surface area (Å²) in [5.74, 6) is 1.62. The summed E-state index contributed by atoms with van der Waals surface area (Å²) in [6.45, 7) is 10.0. The van der Waals surface area contributed by atoms with Crippen molar-refractivity contribution in [3.63, 3.8) is 0 Å². The molecule has 0 saturated carbocycles. The minimum atomic E-state index is 0.392. The summed E-state index contributed by atoms with van der Waals surface area (Å²) in [6, 6.07) is 4.33. The summed E-state index contributed by atoms with van der Waals surface area (Å²) in [6.07, 6.45) is 6.09. The molecule has 0 radical (unpaired) electrons. The number of nitriles is 1. The van der Waals surface area contributed by atoms with Crippen LogP contribution in [0.1, 0.15) is 38.2 Å². The number of fused-ring (bicyclic) bond motifs is 3. The van der Waals surface area contributed by atoms with Crippen LogP contribution in [0.15, 0.2) is 24.5 Å². The number of hydrogen-bond donors (Lipinski definition) is 0. The van der Waals surface area contributed by atoms with Gasteiger partial charge in [0.2, 0.25) is 0 Å². The Morgan fingerprint density at radius 1 is 1.52 bits per heavy atom. The zero-order valence-electron chi connectivity index (χ0n) is 13.8. The summed E-state index contributed by atoms with van der Waals surface area (Å²) in [5.41, 5.74) is 1.80. The molecule has 0 aromatic carbocycles. The maximum atomic E-state index is 9.03. The second-order valence-corrected chi connectivity index (χ2v) is 6.26. The molecule has 3 heterocycles. The number of unbranched alkanes of at least 4 members (excludes halogenated alkanes) is 1. The van der Waals surface area contributed by atoms with Gasteiger partial charge in [0, 0.05) is 44.0 Å². The van der Waals surface area contributed by atoms with Gasteiger partial charge in [-0.25, -0.2) is 4.98 Å². The number of aromatic nitrogens is 1. The average Bonchev–Trinajstić information content (AvgIpc) is 2.77. The highest BCUT2D eigenvalue weighted by Gasteiger charge is 2.32. The Balaban J connectivity index is 1.75. The minimum Gasteiger partial charge on any atom is -0.490 e. The first-order valence-electron chi connectivity index (χ1n) is 8.45. The number of nitrogens with zero attached hydrogens (tertiary/aromatic N) is 4. The Hall–Kier alpha value is -2.22. The quantitative estimate of drug-likeness (QED) is 0.855. The third kappa shape index (κ3) is 3.26. The van der Waals surface area contributed by atoms with E-state index >= 15 is 0 Å². The van der Waals surface area contributed by atoms with Crippen LogP contribution in [0.5, 0.6) is 5.75 Å². The van der Waals surface area contributed by atoms with Crippen LogP contribution in [-0.2, 0) is 0 Å². The number of rotatable bonds is 4. The molecule has 2 aliphatic heterocycles. The maximum Gasteiger partial charge on any atom is 0.171 e. The Bertz CT molecular complexity index is 622. The summed E-state index contributed by atoms with van der Waals surface area (Å²) in [5, 5.41) is 9.03. The van der Waals surface area contributed by atoms with Crippen molar-refractivity contribution in [3.05, 3.63) is 30.1 Å². The highest BCUT2D eigenvalue weighted by atomic mass is 16.5. The molecule has 0 aliphatic carbocycles. The Morgan fingerprint density at radius 2 is 2.39 bits per heavy atom. The molecule has 1 aromatic rings. The molecule has 1 atom stereocenters. The van der Waals surface area contributed by atoms with Crippen molar-refractivity contribution in [3.8, 4) is 11.8 Å². The van der Waals surface area contributed by atoms with Crippen molar-refractivity contribution in [1.82, 2.24) is 9.88 Å². The SMILES string of the molecule is C=C(CCCC)N1CCN2c3ncc(C#N)cc3OCCC2C1. The first kappa shape index (κ1) is 15.7. The molecule has 1 unspecified atom stereocenters. The molecule has 1 aromatic heterocycles. The fourth-order valence-electron chi connectivity index (χ4n) is 3.33. The van der Waals surface area contributed by atoms with Gasteiger partial charge in [0.1, 0.15) is 6.07 Å². The van der Waals surface area contributed by atoms with E-state index < -0.39 is 0 Å². The summed E-state index contributed by atoms with van der Waals surface area (Å²) < 4.78 is 5.85. The van der Waals surface area contributed by atoms with E-state index in [1.165, 1.54) is 18.5 Å². The van der Waals surface area contributed by atoms with Crippen molar-refractivity contribution < 1.29 is 4.74 Å². The zero-order valence-corrected chi connectivity index (χ0v) is 13.8. The molecule has 0 spiro atoms. The second kappa shape index (κ2) is 6.91. The fraction of sp³-hybridized carbons (Fsp3) is 0.556. The van der Waals surface area contributed by atoms with Crippen molar-refractivity contribution in [1.29, 1.82) is 5.26 Å². The molecule has 23 heavy (non-hydrogen) atoms. The van der Waals surface area contributed by atoms with Crippen LogP contribution in [0.2, 0.25) is 0 Å². The average molecular weight is 312 g/mol. The number of allylic oxidation sites excluding steroid dienone is 1. The minimum absolute atomic E-state index is 0.392. The van der Waals surface area contributed by atoms with E-state index in [4.69, 9.17) is 10.00 Å². The van der Waals surface area contributed by atoms with E-state index in [0.29, 0.717) is 18.2 Å². The molecule has 122 valence electrons. The maximum absolute atomic E-state index is 9.03. The van der Waals surface area contributed by atoms with Gasteiger partial charge in [-0.15, -0.1) is 0 Å². The third-order valence-electron chi connectivity index (χ3n) is 4.69. The third-order valence-corrected chi connectivity index (χ3v) is 4.69. The van der Waals surface area contributed by atoms with E-state index in [1.807, 2.05) is 0 Å². The first-order valence-corrected chi connectivity index (χ1v) is 8.45. The van der Waals surface area contributed by atoms with Crippen LogP contribution in [0.3, 0.4) is 0 Å². The van der Waals surface area contributed by atoms with E-state index in [1.54, 1.807) is 12.3 Å². The largest absolute Gasteiger partial charge is 0.490 e. The zero-order chi connectivity index (χ0) is 16.2. The predicted octanol–water partition coefficient (Wildman–Crippen LogP) is 2.93. The summed E-state index contributed by atoms with van der Waals surface area (Å²) in [7, 11) is 0. The molecule has 0 bridgehead atoms. The highest BCUT2D eigenvalue weighted by Crippen LogP contribution is 2.34. The van der Waals surface area contributed by atoms with Crippen LogP contribution in [0.4, 0.5) is 5.82 Å². The van der Waals surface area contributed by atoms with Crippen molar-refractivity contribution in [2.24, 2.45) is 0 Å². The summed E-state index contributed by atoms with van der Waals surface area (Å²) in [4.78, 5) is 9.25. The van der Waals surface area contributed by atoms with E-state index in [9.17, 15) is 0 Å². The van der Waals surface area contributed by atoms with Gasteiger partial charge >= 0.3 is 0 Å². The topological polar surface area (TPSA) is 52.4 Å². The Morgan fingerprint density at radius 3 is 3.17 bits per heavy atom. The second-order valence-electron chi connectivity index (χ2n) is 6.26. The standard InChI is InChI=1S/C18H24N4O/c1-3-4-5-14(2)21-7-8-22-16(13-21)6-9-23-17-10-15(11-19)12-20-18(17)22/h10,12,16H,2-9,13H2,1H3. The molecule has 0 N–H and O–H groups in total. The molecule has 5 heteroatoms. The van der Waals surface area contributed by atoms with Gasteiger partial charge in [-0.1, -0.05) is 19.9 Å². The number of anilines is 1. The lowest BCUT2D eigenvalue weighted by Crippen LogP contribution is -2.52. The smallest absolute Gasteiger partial charge is 0.171 e. The Labute approximate surface area is 138 Å². The predicted molar refractivity (Wildman–Crippen MR) is 90.4 cm³/mol. The highest BCUT2D eigenvalue weighted by molar-refractivity contribution is 5.57. The van der Waals surface area contributed by atoms with Crippen LogP contribution >= 0.6 is 0 Å². The molecule has 0 amide bonds. The first-order chi connectivity index (χ1) is 11.2. The monoisotopic (exact) mass is 312 g/mol. The molecular weight excluding hydrogens is 288 g/mol. The van der Waals surface area contributed by atoms with Gasteiger partial charge in [0.15, 0.2) is 11.6 Å². The fourth-order valence-corrected chi connectivity index (χ4v) is 3.33. The number of hydrogen-bond acceptors (Lipinski definition) is 5. The van der Waals surface area contributed by atoms with Crippen molar-refractivity contribution in [2.45, 2.75) is 38.6 Å². The molecule has 2 aliphatic rings. The van der Waals surface area contributed by atoms with Crippen LogP contribution < -0.4 is 9.64 Å². The molecule has 1 fully saturated rings. The van der Waals surface area contributed by atoms with Gasteiger partial charge in [0.05, 0.1) is 18.2 Å². The van der Waals surface area contributed by atoms with E-state index in [2.05, 4.69) is 34.4 Å². The molecule has 3 rings (SSSR count). The lowest BCUT2D eigenvalue weighted by molar-refractivity contribution is 0.243. The Kier molecular flexibility index (Phi) is 4.71. The lowest BCUT2D eigenvalue weighted by atomic mass is 10.1. The number of piperazine rings is 1. The molecular formula is C18H24N4O. The van der Waals surface area contributed by atoms with Gasteiger partial charge in [0.25, 0.3) is 0 Å². The normalized spacial score (nSPS) is 19.9. The van der Waals surface area contributed by atoms with Gasteiger partial charge in [-0.2, -0.15) is 5.26 Å². The molecule has 5 nitrogen and oxygen atoms in total. The number of pyridine rings is 1. The summed E-state index contributed by atoms with van der Waals surface area (Å²) >= 11 is 0. The lowest BCUT2D eigenvalue weighted by Gasteiger charge is -2.43. The van der Waals surface area contributed by atoms with Crippen LogP contribution in [-0.4, -0.2) is 42.2 Å². The van der Waals surface area contributed by atoms with Crippen molar-refractivity contribution >= 4 is 5.82 Å². The van der Waals surface area contributed by atoms with E-state index in [0.717, 1.165) is 44.0 Å². The van der Waals surface area contributed by atoms with Gasteiger partial charge in [-0.3, -0.25) is 0 Å².